The van der Waals surface area contributed by atoms with E-state index in [1.54, 1.807) is 6.07 Å². The lowest BCUT2D eigenvalue weighted by atomic mass is 9.83. The smallest absolute Gasteiger partial charge is 0.263 e. The molecule has 0 spiro atoms. The lowest BCUT2D eigenvalue weighted by Gasteiger charge is -2.39. The maximum atomic E-state index is 12.8. The fourth-order valence-corrected chi connectivity index (χ4v) is 4.07. The van der Waals surface area contributed by atoms with Gasteiger partial charge in [0.2, 0.25) is 0 Å². The van der Waals surface area contributed by atoms with Gasteiger partial charge in [0.15, 0.2) is 6.10 Å². The van der Waals surface area contributed by atoms with Crippen LogP contribution >= 0.6 is 11.6 Å². The second-order valence-electron chi connectivity index (χ2n) is 7.29. The van der Waals surface area contributed by atoms with E-state index in [2.05, 4.69) is 0 Å². The van der Waals surface area contributed by atoms with Gasteiger partial charge in [-0.05, 0) is 49.1 Å². The number of carbonyl (C=O) groups excluding carboxylic acids is 1. The molecular weight excluding hydrogens is 350 g/mol. The van der Waals surface area contributed by atoms with E-state index < -0.39 is 11.7 Å². The molecule has 26 heavy (non-hydrogen) atoms. The fourth-order valence-electron chi connectivity index (χ4n) is 3.88. The van der Waals surface area contributed by atoms with E-state index >= 15 is 0 Å². The number of aryl methyl sites for hydroxylation is 1. The van der Waals surface area contributed by atoms with E-state index in [-0.39, 0.29) is 5.91 Å². The van der Waals surface area contributed by atoms with E-state index in [9.17, 15) is 9.90 Å². The third-order valence-electron chi connectivity index (χ3n) is 5.43. The Labute approximate surface area is 158 Å². The summed E-state index contributed by atoms with van der Waals surface area (Å²) in [6, 6.07) is 13.4. The number of fused-ring (bicyclic) bond motifs is 1. The summed E-state index contributed by atoms with van der Waals surface area (Å²) in [7, 11) is 0. The van der Waals surface area contributed by atoms with Crippen molar-refractivity contribution in [2.75, 3.05) is 13.1 Å². The van der Waals surface area contributed by atoms with Crippen molar-refractivity contribution in [3.05, 3.63) is 64.2 Å². The minimum absolute atomic E-state index is 0.0105. The summed E-state index contributed by atoms with van der Waals surface area (Å²) in [5.74, 6) is 0.727. The summed E-state index contributed by atoms with van der Waals surface area (Å²) in [4.78, 5) is 14.6. The van der Waals surface area contributed by atoms with Gasteiger partial charge in [-0.2, -0.15) is 0 Å². The van der Waals surface area contributed by atoms with Gasteiger partial charge in [-0.15, -0.1) is 0 Å². The third-order valence-corrected chi connectivity index (χ3v) is 5.67. The number of halogens is 1. The average Bonchev–Trinajstić information content (AvgIpc) is 3.05. The van der Waals surface area contributed by atoms with Crippen LogP contribution in [0.3, 0.4) is 0 Å². The molecule has 5 heteroatoms. The van der Waals surface area contributed by atoms with Crippen LogP contribution in [-0.2, 0) is 16.8 Å². The van der Waals surface area contributed by atoms with Gasteiger partial charge in [0.05, 0.1) is 5.60 Å². The Balaban J connectivity index is 1.41. The number of amides is 1. The second kappa shape index (κ2) is 6.60. The van der Waals surface area contributed by atoms with E-state index in [4.69, 9.17) is 16.3 Å². The van der Waals surface area contributed by atoms with Crippen LogP contribution in [0.5, 0.6) is 5.75 Å². The number of aliphatic hydroxyl groups is 1. The molecule has 1 atom stereocenters. The van der Waals surface area contributed by atoms with Crippen molar-refractivity contribution in [2.45, 2.75) is 37.9 Å². The zero-order chi connectivity index (χ0) is 18.3. The van der Waals surface area contributed by atoms with Gasteiger partial charge in [-0.1, -0.05) is 41.4 Å². The predicted molar refractivity (Wildman–Crippen MR) is 100 cm³/mol. The first-order valence-corrected chi connectivity index (χ1v) is 9.36. The van der Waals surface area contributed by atoms with E-state index in [1.807, 2.05) is 48.2 Å². The molecule has 2 aromatic rings. The van der Waals surface area contributed by atoms with Crippen molar-refractivity contribution in [1.82, 2.24) is 4.90 Å². The SMILES string of the molecule is Cc1cccc(C2(O)CCN(C(=O)C3Cc4cc(Cl)ccc4O3)CC2)c1. The number of hydrogen-bond donors (Lipinski definition) is 1. The zero-order valence-corrected chi connectivity index (χ0v) is 15.5. The van der Waals surface area contributed by atoms with E-state index in [0.717, 1.165) is 22.4 Å². The molecule has 1 amide bonds. The highest BCUT2D eigenvalue weighted by Gasteiger charge is 2.39. The van der Waals surface area contributed by atoms with E-state index in [0.29, 0.717) is 37.4 Å². The second-order valence-corrected chi connectivity index (χ2v) is 7.73. The molecule has 0 aliphatic carbocycles. The maximum absolute atomic E-state index is 12.8. The molecule has 0 saturated carbocycles. The average molecular weight is 372 g/mol. The number of carbonyl (C=O) groups is 1. The largest absolute Gasteiger partial charge is 0.480 e. The van der Waals surface area contributed by atoms with Crippen molar-refractivity contribution in [3.8, 4) is 5.75 Å². The van der Waals surface area contributed by atoms with Gasteiger partial charge in [0, 0.05) is 24.5 Å². The molecule has 1 saturated heterocycles. The minimum atomic E-state index is -0.865. The number of nitrogens with zero attached hydrogens (tertiary/aromatic N) is 1. The topological polar surface area (TPSA) is 49.8 Å². The van der Waals surface area contributed by atoms with Crippen LogP contribution in [0.1, 0.15) is 29.5 Å². The molecule has 136 valence electrons. The van der Waals surface area contributed by atoms with Gasteiger partial charge in [-0.25, -0.2) is 0 Å². The number of benzene rings is 2. The molecule has 1 unspecified atom stereocenters. The predicted octanol–water partition coefficient (Wildman–Crippen LogP) is 3.46. The first-order chi connectivity index (χ1) is 12.4. The molecule has 0 aromatic heterocycles. The highest BCUT2D eigenvalue weighted by atomic mass is 35.5. The lowest BCUT2D eigenvalue weighted by Crippen LogP contribution is -2.49. The Morgan fingerprint density at radius 1 is 1.23 bits per heavy atom. The van der Waals surface area contributed by atoms with Crippen molar-refractivity contribution in [1.29, 1.82) is 0 Å². The molecule has 2 aromatic carbocycles. The number of ether oxygens (including phenoxy) is 1. The number of rotatable bonds is 2. The highest BCUT2D eigenvalue weighted by Crippen LogP contribution is 2.35. The quantitative estimate of drug-likeness (QED) is 0.879. The number of piperidine rings is 1. The Hall–Kier alpha value is -2.04. The Morgan fingerprint density at radius 3 is 2.73 bits per heavy atom. The summed E-state index contributed by atoms with van der Waals surface area (Å²) in [6.45, 7) is 3.08. The fraction of sp³-hybridized carbons (Fsp3) is 0.381. The zero-order valence-electron chi connectivity index (χ0n) is 14.7. The Bertz CT molecular complexity index is 843. The summed E-state index contributed by atoms with van der Waals surface area (Å²) in [5.41, 5.74) is 2.17. The highest BCUT2D eigenvalue weighted by molar-refractivity contribution is 6.30. The van der Waals surface area contributed by atoms with Crippen molar-refractivity contribution < 1.29 is 14.6 Å². The summed E-state index contributed by atoms with van der Waals surface area (Å²) in [5, 5.41) is 11.7. The molecule has 2 heterocycles. The number of hydrogen-bond acceptors (Lipinski definition) is 3. The minimum Gasteiger partial charge on any atom is -0.480 e. The molecule has 2 aliphatic heterocycles. The third kappa shape index (κ3) is 3.19. The molecule has 1 fully saturated rings. The first kappa shape index (κ1) is 17.4. The van der Waals surface area contributed by atoms with Gasteiger partial charge >= 0.3 is 0 Å². The van der Waals surface area contributed by atoms with Crippen LogP contribution in [0.25, 0.3) is 0 Å². The normalized spacial score (nSPS) is 21.2. The molecule has 2 aliphatic rings. The Morgan fingerprint density at radius 2 is 2.00 bits per heavy atom. The summed E-state index contributed by atoms with van der Waals surface area (Å²) < 4.78 is 5.82. The van der Waals surface area contributed by atoms with Crippen LogP contribution in [0.15, 0.2) is 42.5 Å². The van der Waals surface area contributed by atoms with Crippen LogP contribution in [0.2, 0.25) is 5.02 Å². The van der Waals surface area contributed by atoms with Crippen LogP contribution < -0.4 is 4.74 Å². The molecular formula is C21H22ClNO3. The lowest BCUT2D eigenvalue weighted by molar-refractivity contribution is -0.142. The monoisotopic (exact) mass is 371 g/mol. The molecule has 4 rings (SSSR count). The van der Waals surface area contributed by atoms with Crippen molar-refractivity contribution >= 4 is 17.5 Å². The maximum Gasteiger partial charge on any atom is 0.263 e. The van der Waals surface area contributed by atoms with E-state index in [1.165, 1.54) is 0 Å². The van der Waals surface area contributed by atoms with Crippen LogP contribution in [-0.4, -0.2) is 35.1 Å². The molecule has 4 nitrogen and oxygen atoms in total. The summed E-state index contributed by atoms with van der Waals surface area (Å²) >= 11 is 6.02. The molecule has 0 bridgehead atoms. The van der Waals surface area contributed by atoms with Gasteiger partial charge in [0.25, 0.3) is 5.91 Å². The Kier molecular flexibility index (Phi) is 4.41. The van der Waals surface area contributed by atoms with Gasteiger partial charge < -0.3 is 14.7 Å². The number of likely N-dealkylation sites (tertiary alicyclic amines) is 1. The van der Waals surface area contributed by atoms with Crippen molar-refractivity contribution in [3.63, 3.8) is 0 Å². The first-order valence-electron chi connectivity index (χ1n) is 8.98. The van der Waals surface area contributed by atoms with Gasteiger partial charge in [-0.3, -0.25) is 4.79 Å². The van der Waals surface area contributed by atoms with Crippen molar-refractivity contribution in [2.24, 2.45) is 0 Å². The van der Waals surface area contributed by atoms with Crippen LogP contribution in [0.4, 0.5) is 0 Å². The standard InChI is InChI=1S/C21H22ClNO3/c1-14-3-2-4-16(11-14)21(25)7-9-23(10-8-21)20(24)19-13-15-12-17(22)5-6-18(15)26-19/h2-6,11-12,19,25H,7-10,13H2,1H3. The van der Waals surface area contributed by atoms with Crippen LogP contribution in [0, 0.1) is 6.92 Å². The van der Waals surface area contributed by atoms with Gasteiger partial charge in [0.1, 0.15) is 5.75 Å². The molecule has 0 radical (unpaired) electrons. The summed E-state index contributed by atoms with van der Waals surface area (Å²) in [6.07, 6.45) is 1.13. The molecule has 1 N–H and O–H groups in total.